The van der Waals surface area contributed by atoms with E-state index < -0.39 is 29.7 Å². The molecule has 0 bridgehead atoms. The van der Waals surface area contributed by atoms with Crippen molar-refractivity contribution in [2.24, 2.45) is 0 Å². The molecule has 1 atom stereocenters. The van der Waals surface area contributed by atoms with E-state index >= 15 is 0 Å². The summed E-state index contributed by atoms with van der Waals surface area (Å²) in [7, 11) is 1.44. The van der Waals surface area contributed by atoms with Crippen LogP contribution in [0.5, 0.6) is 0 Å². The topological polar surface area (TPSA) is 80.0 Å². The summed E-state index contributed by atoms with van der Waals surface area (Å²) in [5.74, 6) is 0.193. The van der Waals surface area contributed by atoms with Gasteiger partial charge >= 0.3 is 12.2 Å². The molecule has 1 aromatic heterocycles. The Labute approximate surface area is 171 Å². The lowest BCUT2D eigenvalue weighted by atomic mass is 10.0. The molecule has 0 radical (unpaired) electrons. The standard InChI is InChI=1S/C20H22F3N5O2/c1-24-19(30)26-18(29)17(14-5-3-2-4-6-14)28-11-9-27(10-12-28)16-8-7-15(13-25-16)20(21,22)23/h2-8,13,17H,9-12H2,1H3,(H2,24,26,29,30)/p+2/t17-/m1/s1. The van der Waals surface area contributed by atoms with E-state index in [1.807, 2.05) is 35.2 Å². The zero-order valence-electron chi connectivity index (χ0n) is 16.4. The van der Waals surface area contributed by atoms with E-state index in [2.05, 4.69) is 15.6 Å². The fourth-order valence-corrected chi connectivity index (χ4v) is 3.58. The lowest BCUT2D eigenvalue weighted by Crippen LogP contribution is -3.16. The lowest BCUT2D eigenvalue weighted by Gasteiger charge is -2.33. The summed E-state index contributed by atoms with van der Waals surface area (Å²) in [6.45, 7) is 2.26. The van der Waals surface area contributed by atoms with Gasteiger partial charge in [0.2, 0.25) is 0 Å². The number of aromatic amines is 1. The number of hydrogen-bond donors (Lipinski definition) is 3. The number of alkyl halides is 3. The molecule has 160 valence electrons. The van der Waals surface area contributed by atoms with Crippen LogP contribution in [0.1, 0.15) is 17.2 Å². The second kappa shape index (κ2) is 9.12. The number of H-pyrrole nitrogens is 1. The molecule has 10 heteroatoms. The monoisotopic (exact) mass is 423 g/mol. The largest absolute Gasteiger partial charge is 0.419 e. The summed E-state index contributed by atoms with van der Waals surface area (Å²) in [6, 6.07) is 10.5. The molecule has 4 N–H and O–H groups in total. The quantitative estimate of drug-likeness (QED) is 0.667. The lowest BCUT2D eigenvalue weighted by molar-refractivity contribution is -0.922. The van der Waals surface area contributed by atoms with E-state index in [1.54, 1.807) is 0 Å². The maximum absolute atomic E-state index is 12.8. The summed E-state index contributed by atoms with van der Waals surface area (Å²) in [4.78, 5) is 30.0. The number of anilines is 1. The molecule has 0 aliphatic carbocycles. The van der Waals surface area contributed by atoms with Crippen LogP contribution in [-0.4, -0.2) is 45.2 Å². The summed E-state index contributed by atoms with van der Waals surface area (Å²) >= 11 is 0. The molecule has 1 saturated heterocycles. The third-order valence-electron chi connectivity index (χ3n) is 5.14. The Kier molecular flexibility index (Phi) is 6.56. The minimum Gasteiger partial charge on any atom is -0.341 e. The number of pyridine rings is 1. The number of rotatable bonds is 4. The Hall–Kier alpha value is -3.14. The fourth-order valence-electron chi connectivity index (χ4n) is 3.58. The van der Waals surface area contributed by atoms with Gasteiger partial charge in [-0.1, -0.05) is 30.3 Å². The van der Waals surface area contributed by atoms with Gasteiger partial charge in [-0.05, 0) is 6.07 Å². The van der Waals surface area contributed by atoms with Crippen LogP contribution in [0.2, 0.25) is 0 Å². The van der Waals surface area contributed by atoms with Crippen molar-refractivity contribution in [1.82, 2.24) is 10.6 Å². The van der Waals surface area contributed by atoms with Gasteiger partial charge in [-0.25, -0.2) is 9.78 Å². The Morgan fingerprint density at radius 1 is 1.10 bits per heavy atom. The number of carbonyl (C=O) groups excluding carboxylic acids is 2. The van der Waals surface area contributed by atoms with Crippen molar-refractivity contribution >= 4 is 17.8 Å². The van der Waals surface area contributed by atoms with Crippen molar-refractivity contribution in [1.29, 1.82) is 0 Å². The second-order valence-corrected chi connectivity index (χ2v) is 7.02. The van der Waals surface area contributed by atoms with E-state index in [0.29, 0.717) is 32.0 Å². The minimum atomic E-state index is -4.39. The van der Waals surface area contributed by atoms with E-state index in [1.165, 1.54) is 13.1 Å². The van der Waals surface area contributed by atoms with Gasteiger partial charge < -0.3 is 10.2 Å². The average molecular weight is 423 g/mol. The van der Waals surface area contributed by atoms with Crippen LogP contribution >= 0.6 is 0 Å². The summed E-state index contributed by atoms with van der Waals surface area (Å²) in [5, 5.41) is 4.73. The smallest absolute Gasteiger partial charge is 0.341 e. The van der Waals surface area contributed by atoms with Crippen LogP contribution in [-0.2, 0) is 11.0 Å². The maximum Gasteiger partial charge on any atom is 0.419 e. The number of halogens is 3. The maximum atomic E-state index is 12.8. The highest BCUT2D eigenvalue weighted by Crippen LogP contribution is 2.28. The molecule has 3 amide bonds. The molecule has 0 spiro atoms. The molecule has 0 unspecified atom stereocenters. The first-order valence-corrected chi connectivity index (χ1v) is 9.55. The molecule has 3 rings (SSSR count). The normalized spacial score (nSPS) is 16.1. The number of benzene rings is 1. The van der Waals surface area contributed by atoms with Crippen LogP contribution in [0.15, 0.2) is 48.7 Å². The molecule has 2 aromatic rings. The Morgan fingerprint density at radius 3 is 2.30 bits per heavy atom. The number of carbonyl (C=O) groups is 2. The first kappa shape index (κ1) is 21.6. The van der Waals surface area contributed by atoms with Gasteiger partial charge in [0.15, 0.2) is 6.04 Å². The average Bonchev–Trinajstić information content (AvgIpc) is 2.74. The van der Waals surface area contributed by atoms with Gasteiger partial charge in [0.25, 0.3) is 11.7 Å². The van der Waals surface area contributed by atoms with Gasteiger partial charge in [-0.15, -0.1) is 0 Å². The van der Waals surface area contributed by atoms with E-state index in [4.69, 9.17) is 0 Å². The number of nitrogens with zero attached hydrogens (tertiary/aromatic N) is 1. The molecule has 0 saturated carbocycles. The predicted octanol–water partition coefficient (Wildman–Crippen LogP) is 0.421. The predicted molar refractivity (Wildman–Crippen MR) is 103 cm³/mol. The van der Waals surface area contributed by atoms with Crippen molar-refractivity contribution in [2.75, 3.05) is 38.1 Å². The fraction of sp³-hybridized carbons (Fsp3) is 0.350. The van der Waals surface area contributed by atoms with Gasteiger partial charge in [-0.2, -0.15) is 13.2 Å². The molecular formula is C20H24F3N5O2+2. The van der Waals surface area contributed by atoms with Crippen molar-refractivity contribution in [3.05, 3.63) is 59.8 Å². The van der Waals surface area contributed by atoms with Crippen molar-refractivity contribution in [3.63, 3.8) is 0 Å². The van der Waals surface area contributed by atoms with Gasteiger partial charge in [0.1, 0.15) is 32.4 Å². The number of piperazine rings is 1. The Balaban J connectivity index is 1.71. The molecule has 1 fully saturated rings. The SMILES string of the molecule is CNC(=O)NC(=O)[C@@H](c1ccccc1)[NH+]1CCN(c2ccc(C(F)(F)F)c[nH+]2)CC1. The summed E-state index contributed by atoms with van der Waals surface area (Å²) in [5.41, 5.74) is 0.0639. The molecule has 1 aliphatic heterocycles. The Morgan fingerprint density at radius 2 is 1.77 bits per heavy atom. The van der Waals surface area contributed by atoms with Crippen LogP contribution in [0, 0.1) is 0 Å². The number of hydrogen-bond acceptors (Lipinski definition) is 3. The third-order valence-corrected chi connectivity index (χ3v) is 5.14. The summed E-state index contributed by atoms with van der Waals surface area (Å²) in [6.07, 6.45) is -3.43. The number of amides is 3. The molecule has 1 aliphatic rings. The highest BCUT2D eigenvalue weighted by atomic mass is 19.4. The molecule has 30 heavy (non-hydrogen) atoms. The highest BCUT2D eigenvalue weighted by molar-refractivity contribution is 5.96. The van der Waals surface area contributed by atoms with Crippen LogP contribution in [0.25, 0.3) is 0 Å². The van der Waals surface area contributed by atoms with E-state index in [9.17, 15) is 22.8 Å². The molecule has 1 aromatic carbocycles. The minimum absolute atomic E-state index is 0.398. The van der Waals surface area contributed by atoms with Crippen LogP contribution < -0.4 is 25.4 Å². The first-order valence-electron chi connectivity index (χ1n) is 9.55. The van der Waals surface area contributed by atoms with Gasteiger partial charge in [-0.3, -0.25) is 15.0 Å². The molecule has 2 heterocycles. The number of imide groups is 1. The molecule has 7 nitrogen and oxygen atoms in total. The van der Waals surface area contributed by atoms with Crippen molar-refractivity contribution < 1.29 is 32.6 Å². The van der Waals surface area contributed by atoms with E-state index in [0.717, 1.165) is 22.7 Å². The van der Waals surface area contributed by atoms with Gasteiger partial charge in [0.05, 0.1) is 5.56 Å². The Bertz CT molecular complexity index is 866. The first-order chi connectivity index (χ1) is 14.3. The number of nitrogens with one attached hydrogen (secondary N) is 4. The summed E-state index contributed by atoms with van der Waals surface area (Å²) < 4.78 is 38.3. The van der Waals surface area contributed by atoms with Crippen LogP contribution in [0.3, 0.4) is 0 Å². The molecular weight excluding hydrogens is 399 g/mol. The van der Waals surface area contributed by atoms with Crippen molar-refractivity contribution in [2.45, 2.75) is 12.2 Å². The second-order valence-electron chi connectivity index (χ2n) is 7.02. The zero-order valence-corrected chi connectivity index (χ0v) is 16.4. The number of urea groups is 1. The van der Waals surface area contributed by atoms with Gasteiger partial charge in [0, 0.05) is 18.7 Å². The third kappa shape index (κ3) is 5.07. The van der Waals surface area contributed by atoms with Crippen molar-refractivity contribution in [3.8, 4) is 0 Å². The zero-order chi connectivity index (χ0) is 21.7. The van der Waals surface area contributed by atoms with E-state index in [-0.39, 0.29) is 0 Å². The number of quaternary nitrogens is 1. The van der Waals surface area contributed by atoms with Crippen LogP contribution in [0.4, 0.5) is 23.8 Å². The highest BCUT2D eigenvalue weighted by Gasteiger charge is 2.37. The number of aromatic nitrogens is 1.